The Labute approximate surface area is 120 Å². The number of hydrogen-bond acceptors (Lipinski definition) is 3. The Hall–Kier alpha value is -1.33. The van der Waals surface area contributed by atoms with Crippen LogP contribution in [0.15, 0.2) is 12.1 Å². The van der Waals surface area contributed by atoms with Crippen molar-refractivity contribution in [1.82, 2.24) is 5.32 Å². The molecule has 6 heteroatoms. The van der Waals surface area contributed by atoms with Gasteiger partial charge in [-0.2, -0.15) is 0 Å². The Morgan fingerprint density at radius 3 is 2.80 bits per heavy atom. The molecule has 0 amide bonds. The number of benzene rings is 1. The van der Waals surface area contributed by atoms with Crippen LogP contribution in [-0.2, 0) is 4.79 Å². The zero-order chi connectivity index (χ0) is 14.3. The number of carboxylic acid groups (broad SMARTS) is 1. The van der Waals surface area contributed by atoms with E-state index in [1.807, 2.05) is 0 Å². The van der Waals surface area contributed by atoms with Gasteiger partial charge in [0.2, 0.25) is 0 Å². The molecule has 108 valence electrons. The van der Waals surface area contributed by atoms with Crippen LogP contribution in [0.4, 0.5) is 4.39 Å². The highest BCUT2D eigenvalue weighted by molar-refractivity contribution is 6.32. The maximum atomic E-state index is 13.6. The van der Waals surface area contributed by atoms with Crippen LogP contribution in [0.2, 0.25) is 5.02 Å². The molecule has 1 saturated heterocycles. The van der Waals surface area contributed by atoms with Crippen LogP contribution >= 0.6 is 11.6 Å². The van der Waals surface area contributed by atoms with Gasteiger partial charge in [0.25, 0.3) is 0 Å². The van der Waals surface area contributed by atoms with Crippen molar-refractivity contribution in [2.75, 3.05) is 6.54 Å². The van der Waals surface area contributed by atoms with Gasteiger partial charge >= 0.3 is 5.97 Å². The second kappa shape index (κ2) is 5.22. The largest absolute Gasteiger partial charge is 0.489 e. The van der Waals surface area contributed by atoms with Crippen molar-refractivity contribution in [3.8, 4) is 5.75 Å². The Morgan fingerprint density at radius 1 is 1.45 bits per heavy atom. The van der Waals surface area contributed by atoms with Crippen molar-refractivity contribution in [1.29, 1.82) is 0 Å². The molecule has 1 aromatic rings. The molecular weight excluding hydrogens is 285 g/mol. The fourth-order valence-electron chi connectivity index (χ4n) is 2.48. The predicted octanol–water partition coefficient (Wildman–Crippen LogP) is 2.76. The van der Waals surface area contributed by atoms with E-state index in [4.69, 9.17) is 21.4 Å². The first-order valence-corrected chi connectivity index (χ1v) is 7.04. The molecule has 3 rings (SSSR count). The van der Waals surface area contributed by atoms with Crippen molar-refractivity contribution in [2.45, 2.75) is 31.4 Å². The molecule has 0 aromatic heterocycles. The summed E-state index contributed by atoms with van der Waals surface area (Å²) in [6, 6.07) is 2.37. The van der Waals surface area contributed by atoms with E-state index >= 15 is 0 Å². The van der Waals surface area contributed by atoms with E-state index in [1.54, 1.807) is 0 Å². The summed E-state index contributed by atoms with van der Waals surface area (Å²) >= 11 is 6.07. The van der Waals surface area contributed by atoms with E-state index < -0.39 is 17.7 Å². The van der Waals surface area contributed by atoms with E-state index in [9.17, 15) is 9.18 Å². The summed E-state index contributed by atoms with van der Waals surface area (Å²) in [5.74, 6) is -1.25. The van der Waals surface area contributed by atoms with Crippen LogP contribution in [0.5, 0.6) is 5.75 Å². The zero-order valence-electron chi connectivity index (χ0n) is 10.7. The van der Waals surface area contributed by atoms with Gasteiger partial charge in [0.15, 0.2) is 0 Å². The van der Waals surface area contributed by atoms with Gasteiger partial charge in [0.05, 0.1) is 17.0 Å². The third kappa shape index (κ3) is 2.74. The smallest absolute Gasteiger partial charge is 0.307 e. The minimum Gasteiger partial charge on any atom is -0.489 e. The van der Waals surface area contributed by atoms with E-state index in [0.29, 0.717) is 24.3 Å². The van der Waals surface area contributed by atoms with Gasteiger partial charge in [-0.05, 0) is 31.4 Å². The summed E-state index contributed by atoms with van der Waals surface area (Å²) < 4.78 is 19.4. The molecule has 2 atom stereocenters. The average molecular weight is 300 g/mol. The first-order chi connectivity index (χ1) is 9.54. The average Bonchev–Trinajstić information content (AvgIpc) is 3.05. The molecule has 2 unspecified atom stereocenters. The molecular formula is C14H15ClFNO3. The SMILES string of the molecule is O=C(O)C1CNC(c2cc(F)cc(Cl)c2OC2CC2)C1. The number of carbonyl (C=O) groups is 1. The van der Waals surface area contributed by atoms with Crippen molar-refractivity contribution in [2.24, 2.45) is 5.92 Å². The number of nitrogens with one attached hydrogen (secondary N) is 1. The lowest BCUT2D eigenvalue weighted by molar-refractivity contribution is -0.141. The third-order valence-electron chi connectivity index (χ3n) is 3.70. The first kappa shape index (κ1) is 13.6. The van der Waals surface area contributed by atoms with Gasteiger partial charge in [-0.25, -0.2) is 4.39 Å². The van der Waals surface area contributed by atoms with E-state index in [-0.39, 0.29) is 17.2 Å². The van der Waals surface area contributed by atoms with Crippen LogP contribution < -0.4 is 10.1 Å². The molecule has 20 heavy (non-hydrogen) atoms. The molecule has 0 radical (unpaired) electrons. The number of halogens is 2. The lowest BCUT2D eigenvalue weighted by Crippen LogP contribution is -2.18. The molecule has 0 bridgehead atoms. The second-order valence-corrected chi connectivity index (χ2v) is 5.76. The van der Waals surface area contributed by atoms with Crippen LogP contribution in [0.25, 0.3) is 0 Å². The van der Waals surface area contributed by atoms with Gasteiger partial charge in [0.1, 0.15) is 11.6 Å². The Bertz CT molecular complexity index is 547. The third-order valence-corrected chi connectivity index (χ3v) is 3.98. The second-order valence-electron chi connectivity index (χ2n) is 5.35. The van der Waals surface area contributed by atoms with Gasteiger partial charge in [-0.15, -0.1) is 0 Å². The van der Waals surface area contributed by atoms with Crippen LogP contribution in [0.3, 0.4) is 0 Å². The van der Waals surface area contributed by atoms with Gasteiger partial charge < -0.3 is 15.2 Å². The molecule has 1 aromatic carbocycles. The van der Waals surface area contributed by atoms with Gasteiger partial charge in [0, 0.05) is 18.2 Å². The monoisotopic (exact) mass is 299 g/mol. The number of hydrogen-bond donors (Lipinski definition) is 2. The molecule has 4 nitrogen and oxygen atoms in total. The number of ether oxygens (including phenoxy) is 1. The van der Waals surface area contributed by atoms with Crippen molar-refractivity contribution in [3.05, 3.63) is 28.5 Å². The normalized spacial score (nSPS) is 25.7. The maximum Gasteiger partial charge on any atom is 0.307 e. The lowest BCUT2D eigenvalue weighted by Gasteiger charge is -2.18. The number of rotatable bonds is 4. The van der Waals surface area contributed by atoms with Crippen LogP contribution in [0, 0.1) is 11.7 Å². The summed E-state index contributed by atoms with van der Waals surface area (Å²) in [7, 11) is 0. The van der Waals surface area contributed by atoms with Crippen molar-refractivity contribution in [3.63, 3.8) is 0 Å². The van der Waals surface area contributed by atoms with E-state index in [2.05, 4.69) is 5.32 Å². The lowest BCUT2D eigenvalue weighted by atomic mass is 9.99. The fourth-order valence-corrected chi connectivity index (χ4v) is 2.73. The highest BCUT2D eigenvalue weighted by atomic mass is 35.5. The van der Waals surface area contributed by atoms with Crippen molar-refractivity contribution < 1.29 is 19.0 Å². The minimum atomic E-state index is -0.841. The van der Waals surface area contributed by atoms with Gasteiger partial charge in [-0.3, -0.25) is 4.79 Å². The summed E-state index contributed by atoms with van der Waals surface area (Å²) in [5, 5.41) is 12.4. The Morgan fingerprint density at radius 2 is 2.20 bits per heavy atom. The summed E-state index contributed by atoms with van der Waals surface area (Å²) in [6.07, 6.45) is 2.51. The molecule has 1 aliphatic heterocycles. The summed E-state index contributed by atoms with van der Waals surface area (Å²) in [5.41, 5.74) is 0.616. The number of carboxylic acids is 1. The molecule has 1 heterocycles. The summed E-state index contributed by atoms with van der Waals surface area (Å²) in [6.45, 7) is 0.372. The Balaban J connectivity index is 1.89. The fraction of sp³-hybridized carbons (Fsp3) is 0.500. The standard InChI is InChI=1S/C14H15ClFNO3/c15-11-5-8(16)4-10(13(11)20-9-1-2-9)12-3-7(6-17-12)14(18)19/h4-5,7,9,12,17H,1-3,6H2,(H,18,19). The molecule has 2 fully saturated rings. The highest BCUT2D eigenvalue weighted by Gasteiger charge is 2.34. The number of aliphatic carboxylic acids is 1. The summed E-state index contributed by atoms with van der Waals surface area (Å²) in [4.78, 5) is 11.0. The minimum absolute atomic E-state index is 0.147. The Kier molecular flexibility index (Phi) is 3.56. The highest BCUT2D eigenvalue weighted by Crippen LogP contribution is 2.41. The molecule has 1 aliphatic carbocycles. The molecule has 1 saturated carbocycles. The van der Waals surface area contributed by atoms with Crippen LogP contribution in [0.1, 0.15) is 30.9 Å². The van der Waals surface area contributed by atoms with Crippen LogP contribution in [-0.4, -0.2) is 23.7 Å². The maximum absolute atomic E-state index is 13.6. The molecule has 0 spiro atoms. The quantitative estimate of drug-likeness (QED) is 0.897. The van der Waals surface area contributed by atoms with E-state index in [0.717, 1.165) is 12.8 Å². The zero-order valence-corrected chi connectivity index (χ0v) is 11.5. The molecule has 2 aliphatic rings. The molecule has 2 N–H and O–H groups in total. The predicted molar refractivity (Wildman–Crippen MR) is 71.5 cm³/mol. The topological polar surface area (TPSA) is 58.6 Å². The van der Waals surface area contributed by atoms with Crippen molar-refractivity contribution >= 4 is 17.6 Å². The van der Waals surface area contributed by atoms with E-state index in [1.165, 1.54) is 12.1 Å². The first-order valence-electron chi connectivity index (χ1n) is 6.66. The van der Waals surface area contributed by atoms with Gasteiger partial charge in [-0.1, -0.05) is 11.6 Å².